The summed E-state index contributed by atoms with van der Waals surface area (Å²) in [6, 6.07) is 21.9. The zero-order chi connectivity index (χ0) is 28.1. The van der Waals surface area contributed by atoms with E-state index in [-0.39, 0.29) is 11.7 Å². The molecule has 3 aromatic carbocycles. The minimum absolute atomic E-state index is 0.0995. The van der Waals surface area contributed by atoms with Gasteiger partial charge in [-0.15, -0.1) is 0 Å². The van der Waals surface area contributed by atoms with Gasteiger partial charge < -0.3 is 15.1 Å². The number of nitrogens with zero attached hydrogens (tertiary/aromatic N) is 2. The summed E-state index contributed by atoms with van der Waals surface area (Å²) in [5, 5.41) is 6.45. The number of piperidine rings is 1. The number of hydrogen-bond donors (Lipinski definition) is 2. The van der Waals surface area contributed by atoms with Crippen LogP contribution in [0.4, 0.5) is 4.39 Å². The summed E-state index contributed by atoms with van der Waals surface area (Å²) >= 11 is 0. The van der Waals surface area contributed by atoms with Crippen LogP contribution in [-0.4, -0.2) is 68.2 Å². The summed E-state index contributed by atoms with van der Waals surface area (Å²) in [6.07, 6.45) is 3.37. The Labute approximate surface area is 239 Å². The summed E-state index contributed by atoms with van der Waals surface area (Å²) in [4.78, 5) is 15.5. The Morgan fingerprint density at radius 1 is 1.00 bits per heavy atom. The SMILES string of the molecule is C[C@H]1CN(Cc2cccc(-c3cc(CNC(=O)c4cccc(CC5CCNCC5)c4)ccc3F)c2)CC[N+]1(C)C. The van der Waals surface area contributed by atoms with E-state index >= 15 is 0 Å². The number of carbonyl (C=O) groups excluding carboxylic acids is 1. The van der Waals surface area contributed by atoms with Crippen LogP contribution in [-0.2, 0) is 19.5 Å². The number of carbonyl (C=O) groups is 1. The van der Waals surface area contributed by atoms with E-state index in [9.17, 15) is 9.18 Å². The molecule has 0 aliphatic carbocycles. The molecule has 1 amide bonds. The Hall–Kier alpha value is -3.06. The molecule has 0 unspecified atom stereocenters. The average Bonchev–Trinajstić information content (AvgIpc) is 2.95. The van der Waals surface area contributed by atoms with E-state index in [2.05, 4.69) is 54.8 Å². The highest BCUT2D eigenvalue weighted by Gasteiger charge is 2.31. The average molecular weight is 544 g/mol. The third kappa shape index (κ3) is 7.17. The molecule has 0 radical (unpaired) electrons. The summed E-state index contributed by atoms with van der Waals surface area (Å²) in [5.74, 6) is 0.326. The van der Waals surface area contributed by atoms with Crippen LogP contribution in [0.1, 0.15) is 46.8 Å². The van der Waals surface area contributed by atoms with Crippen LogP contribution >= 0.6 is 0 Å². The molecule has 0 aromatic heterocycles. The molecule has 2 N–H and O–H groups in total. The topological polar surface area (TPSA) is 44.4 Å². The first kappa shape index (κ1) is 28.5. The molecule has 6 heteroatoms. The minimum atomic E-state index is -0.247. The number of likely N-dealkylation sites (N-methyl/N-ethyl adjacent to an activating group) is 1. The Kier molecular flexibility index (Phi) is 8.99. The van der Waals surface area contributed by atoms with Crippen LogP contribution in [0.25, 0.3) is 11.1 Å². The van der Waals surface area contributed by atoms with Crippen LogP contribution in [0, 0.1) is 11.7 Å². The Morgan fingerprint density at radius 3 is 2.58 bits per heavy atom. The van der Waals surface area contributed by atoms with Gasteiger partial charge in [0.05, 0.1) is 33.2 Å². The zero-order valence-corrected chi connectivity index (χ0v) is 24.3. The van der Waals surface area contributed by atoms with Gasteiger partial charge in [-0.2, -0.15) is 0 Å². The normalized spacial score (nSPS) is 19.9. The summed E-state index contributed by atoms with van der Waals surface area (Å²) in [7, 11) is 4.60. The number of quaternary nitrogens is 1. The van der Waals surface area contributed by atoms with Gasteiger partial charge in [0, 0.05) is 30.8 Å². The van der Waals surface area contributed by atoms with Crippen molar-refractivity contribution in [3.8, 4) is 11.1 Å². The third-order valence-electron chi connectivity index (χ3n) is 9.01. The van der Waals surface area contributed by atoms with Crippen LogP contribution < -0.4 is 10.6 Å². The maximum absolute atomic E-state index is 15.0. The molecule has 0 spiro atoms. The molecular weight excluding hydrogens is 499 g/mol. The van der Waals surface area contributed by atoms with Crippen molar-refractivity contribution in [2.75, 3.05) is 46.8 Å². The summed E-state index contributed by atoms with van der Waals surface area (Å²) in [5.41, 5.74) is 5.41. The molecule has 2 aliphatic heterocycles. The second-order valence-electron chi connectivity index (χ2n) is 12.4. The number of piperazine rings is 1. The molecule has 3 aromatic rings. The van der Waals surface area contributed by atoms with Gasteiger partial charge in [0.1, 0.15) is 5.82 Å². The van der Waals surface area contributed by atoms with Gasteiger partial charge in [-0.3, -0.25) is 9.69 Å². The van der Waals surface area contributed by atoms with Gasteiger partial charge in [0.15, 0.2) is 0 Å². The lowest BCUT2D eigenvalue weighted by molar-refractivity contribution is -0.917. The molecule has 2 fully saturated rings. The monoisotopic (exact) mass is 543 g/mol. The fourth-order valence-electron chi connectivity index (χ4n) is 5.99. The fraction of sp³-hybridized carbons (Fsp3) is 0.441. The Balaban J connectivity index is 1.22. The molecular formula is C34H44FN4O+. The van der Waals surface area contributed by atoms with E-state index < -0.39 is 0 Å². The van der Waals surface area contributed by atoms with Crippen LogP contribution in [0.2, 0.25) is 0 Å². The van der Waals surface area contributed by atoms with E-state index in [0.717, 1.165) is 61.3 Å². The van der Waals surface area contributed by atoms with Crippen molar-refractivity contribution < 1.29 is 13.7 Å². The van der Waals surface area contributed by atoms with Gasteiger partial charge in [-0.25, -0.2) is 4.39 Å². The molecule has 40 heavy (non-hydrogen) atoms. The van der Waals surface area contributed by atoms with Crippen molar-refractivity contribution in [2.24, 2.45) is 5.92 Å². The van der Waals surface area contributed by atoms with Gasteiger partial charge in [0.2, 0.25) is 0 Å². The highest BCUT2D eigenvalue weighted by atomic mass is 19.1. The van der Waals surface area contributed by atoms with E-state index in [0.29, 0.717) is 29.6 Å². The lowest BCUT2D eigenvalue weighted by atomic mass is 9.90. The number of halogens is 1. The van der Waals surface area contributed by atoms with E-state index in [1.54, 1.807) is 6.07 Å². The predicted molar refractivity (Wildman–Crippen MR) is 160 cm³/mol. The van der Waals surface area contributed by atoms with Crippen LogP contribution in [0.3, 0.4) is 0 Å². The largest absolute Gasteiger partial charge is 0.348 e. The number of amides is 1. The lowest BCUT2D eigenvalue weighted by Crippen LogP contribution is -2.59. The Bertz CT molecular complexity index is 1320. The van der Waals surface area contributed by atoms with Crippen LogP contribution in [0.15, 0.2) is 66.7 Å². The van der Waals surface area contributed by atoms with Crippen molar-refractivity contribution >= 4 is 5.91 Å². The molecule has 5 rings (SSSR count). The lowest BCUT2D eigenvalue weighted by Gasteiger charge is -2.44. The smallest absolute Gasteiger partial charge is 0.251 e. The van der Waals surface area contributed by atoms with Crippen molar-refractivity contribution in [1.29, 1.82) is 0 Å². The van der Waals surface area contributed by atoms with Gasteiger partial charge >= 0.3 is 0 Å². The van der Waals surface area contributed by atoms with Crippen molar-refractivity contribution in [1.82, 2.24) is 15.5 Å². The second-order valence-corrected chi connectivity index (χ2v) is 12.4. The van der Waals surface area contributed by atoms with Crippen molar-refractivity contribution in [2.45, 2.75) is 45.3 Å². The first-order chi connectivity index (χ1) is 19.3. The van der Waals surface area contributed by atoms with Gasteiger partial charge in [-0.1, -0.05) is 36.4 Å². The number of benzene rings is 3. The highest BCUT2D eigenvalue weighted by Crippen LogP contribution is 2.26. The first-order valence-electron chi connectivity index (χ1n) is 14.8. The molecule has 0 saturated carbocycles. The molecule has 1 atom stereocenters. The van der Waals surface area contributed by atoms with E-state index in [1.165, 1.54) is 30.0 Å². The van der Waals surface area contributed by atoms with Gasteiger partial charge in [0.25, 0.3) is 5.91 Å². The van der Waals surface area contributed by atoms with Crippen LogP contribution in [0.5, 0.6) is 0 Å². The van der Waals surface area contributed by atoms with Gasteiger partial charge in [-0.05, 0) is 97.8 Å². The molecule has 5 nitrogen and oxygen atoms in total. The highest BCUT2D eigenvalue weighted by molar-refractivity contribution is 5.94. The number of hydrogen-bond acceptors (Lipinski definition) is 3. The number of rotatable bonds is 8. The molecule has 0 bridgehead atoms. The summed E-state index contributed by atoms with van der Waals surface area (Å²) in [6.45, 7) is 8.93. The standard InChI is InChI=1S/C34H43FN4O/c1-25-23-38(16-17-39(25,2)3)24-29-7-5-8-30(20-29)32-21-28(10-11-33(32)35)22-37-34(40)31-9-4-6-27(19-31)18-26-12-14-36-15-13-26/h4-11,19-21,25-26,36H,12-18,22-24H2,1-3H3/p+1/t25-/m0/s1. The minimum Gasteiger partial charge on any atom is -0.348 e. The second kappa shape index (κ2) is 12.6. The summed E-state index contributed by atoms with van der Waals surface area (Å²) < 4.78 is 16.0. The zero-order valence-electron chi connectivity index (χ0n) is 24.3. The Morgan fingerprint density at radius 2 is 1.77 bits per heavy atom. The van der Waals surface area contributed by atoms with Crippen molar-refractivity contribution in [3.05, 3.63) is 94.8 Å². The van der Waals surface area contributed by atoms with E-state index in [1.807, 2.05) is 36.4 Å². The predicted octanol–water partition coefficient (Wildman–Crippen LogP) is 5.25. The molecule has 2 saturated heterocycles. The maximum atomic E-state index is 15.0. The molecule has 212 valence electrons. The third-order valence-corrected chi connectivity index (χ3v) is 9.01. The first-order valence-corrected chi connectivity index (χ1v) is 14.8. The molecule has 2 aliphatic rings. The molecule has 2 heterocycles. The van der Waals surface area contributed by atoms with E-state index in [4.69, 9.17) is 0 Å². The maximum Gasteiger partial charge on any atom is 0.251 e. The quantitative estimate of drug-likeness (QED) is 0.382. The number of nitrogens with one attached hydrogen (secondary N) is 2. The fourth-order valence-corrected chi connectivity index (χ4v) is 5.99. The van der Waals surface area contributed by atoms with Crippen molar-refractivity contribution in [3.63, 3.8) is 0 Å².